The number of carbonyl (C=O) groups excluding carboxylic acids is 1. The maximum atomic E-state index is 11.3. The summed E-state index contributed by atoms with van der Waals surface area (Å²) in [6.45, 7) is 0.552. The number of carboxylic acid groups (broad SMARTS) is 1. The minimum Gasteiger partial charge on any atom is -0.480 e. The number of nitrogens with one attached hydrogen (secondary N) is 1. The van der Waals surface area contributed by atoms with E-state index in [1.807, 2.05) is 30.3 Å². The first-order valence-corrected chi connectivity index (χ1v) is 6.02. The minimum atomic E-state index is -1.04. The van der Waals surface area contributed by atoms with Gasteiger partial charge in [0.05, 0.1) is 0 Å². The maximum Gasteiger partial charge on any atom is 0.407 e. The van der Waals surface area contributed by atoms with Crippen LogP contribution in [0.1, 0.15) is 18.4 Å². The van der Waals surface area contributed by atoms with E-state index in [1.165, 1.54) is 0 Å². The second-order valence-corrected chi connectivity index (χ2v) is 4.08. The number of hydrogen-bond acceptors (Lipinski definition) is 4. The molecule has 0 aliphatic rings. The molecule has 0 radical (unpaired) electrons. The van der Waals surface area contributed by atoms with Crippen molar-refractivity contribution >= 4 is 12.1 Å². The summed E-state index contributed by atoms with van der Waals surface area (Å²) in [5.41, 5.74) is 6.23. The van der Waals surface area contributed by atoms with E-state index in [9.17, 15) is 9.59 Å². The van der Waals surface area contributed by atoms with Gasteiger partial charge in [-0.05, 0) is 18.4 Å². The fourth-order valence-corrected chi connectivity index (χ4v) is 1.41. The summed E-state index contributed by atoms with van der Waals surface area (Å²) in [4.78, 5) is 21.8. The van der Waals surface area contributed by atoms with E-state index in [-0.39, 0.29) is 6.61 Å². The molecule has 1 aromatic carbocycles. The monoisotopic (exact) mass is 266 g/mol. The molecule has 6 heteroatoms. The Balaban J connectivity index is 2.10. The van der Waals surface area contributed by atoms with Crippen LogP contribution < -0.4 is 11.1 Å². The lowest BCUT2D eigenvalue weighted by Crippen LogP contribution is -2.32. The van der Waals surface area contributed by atoms with Crippen LogP contribution in [-0.2, 0) is 16.1 Å². The Morgan fingerprint density at radius 2 is 2.00 bits per heavy atom. The van der Waals surface area contributed by atoms with Crippen LogP contribution in [0.25, 0.3) is 0 Å². The van der Waals surface area contributed by atoms with E-state index in [2.05, 4.69) is 5.32 Å². The first-order valence-electron chi connectivity index (χ1n) is 6.02. The molecule has 1 atom stereocenters. The quantitative estimate of drug-likeness (QED) is 0.641. The summed E-state index contributed by atoms with van der Waals surface area (Å²) in [7, 11) is 0. The van der Waals surface area contributed by atoms with Gasteiger partial charge in [0, 0.05) is 6.54 Å². The van der Waals surface area contributed by atoms with Crippen LogP contribution in [0.15, 0.2) is 30.3 Å². The van der Waals surface area contributed by atoms with Crippen LogP contribution in [-0.4, -0.2) is 29.8 Å². The molecule has 104 valence electrons. The molecule has 19 heavy (non-hydrogen) atoms. The van der Waals surface area contributed by atoms with Crippen molar-refractivity contribution in [2.24, 2.45) is 5.73 Å². The number of ether oxygens (including phenoxy) is 1. The van der Waals surface area contributed by atoms with Gasteiger partial charge in [-0.1, -0.05) is 30.3 Å². The number of amides is 1. The summed E-state index contributed by atoms with van der Waals surface area (Å²) in [5, 5.41) is 11.1. The van der Waals surface area contributed by atoms with Gasteiger partial charge in [0.1, 0.15) is 12.6 Å². The second kappa shape index (κ2) is 8.10. The van der Waals surface area contributed by atoms with Crippen molar-refractivity contribution in [1.82, 2.24) is 5.32 Å². The number of carbonyl (C=O) groups is 2. The van der Waals surface area contributed by atoms with E-state index in [1.54, 1.807) is 0 Å². The molecule has 1 aromatic rings. The topological polar surface area (TPSA) is 102 Å². The molecule has 6 nitrogen and oxygen atoms in total. The largest absolute Gasteiger partial charge is 0.480 e. The zero-order chi connectivity index (χ0) is 14.1. The molecular formula is C13H18N2O4. The van der Waals surface area contributed by atoms with Crippen molar-refractivity contribution in [1.29, 1.82) is 0 Å². The molecule has 1 rings (SSSR count). The van der Waals surface area contributed by atoms with Crippen molar-refractivity contribution in [3.63, 3.8) is 0 Å². The van der Waals surface area contributed by atoms with Crippen molar-refractivity contribution in [3.05, 3.63) is 35.9 Å². The van der Waals surface area contributed by atoms with Crippen LogP contribution in [0.2, 0.25) is 0 Å². The van der Waals surface area contributed by atoms with Gasteiger partial charge >= 0.3 is 12.1 Å². The van der Waals surface area contributed by atoms with Crippen molar-refractivity contribution in [2.75, 3.05) is 6.54 Å². The molecule has 0 aliphatic heterocycles. The molecule has 0 fully saturated rings. The van der Waals surface area contributed by atoms with Gasteiger partial charge in [-0.25, -0.2) is 4.79 Å². The minimum absolute atomic E-state index is 0.210. The first kappa shape index (κ1) is 15.0. The third-order valence-electron chi connectivity index (χ3n) is 2.49. The number of nitrogens with two attached hydrogens (primary N) is 1. The van der Waals surface area contributed by atoms with E-state index < -0.39 is 18.1 Å². The molecule has 0 aliphatic carbocycles. The molecule has 0 spiro atoms. The zero-order valence-corrected chi connectivity index (χ0v) is 10.5. The Morgan fingerprint density at radius 1 is 1.32 bits per heavy atom. The van der Waals surface area contributed by atoms with Crippen LogP contribution in [0, 0.1) is 0 Å². The number of benzene rings is 1. The van der Waals surface area contributed by atoms with Gasteiger partial charge in [-0.15, -0.1) is 0 Å². The molecule has 1 amide bonds. The number of carboxylic acids is 1. The smallest absolute Gasteiger partial charge is 0.407 e. The summed E-state index contributed by atoms with van der Waals surface area (Å²) in [6.07, 6.45) is 0.287. The van der Waals surface area contributed by atoms with Gasteiger partial charge in [-0.3, -0.25) is 4.79 Å². The number of rotatable bonds is 7. The van der Waals surface area contributed by atoms with E-state index >= 15 is 0 Å². The lowest BCUT2D eigenvalue weighted by Gasteiger charge is -2.08. The van der Waals surface area contributed by atoms with Crippen LogP contribution in [0.3, 0.4) is 0 Å². The molecule has 0 aromatic heterocycles. The van der Waals surface area contributed by atoms with Crippen LogP contribution in [0.4, 0.5) is 4.79 Å². The molecule has 0 bridgehead atoms. The van der Waals surface area contributed by atoms with E-state index in [4.69, 9.17) is 15.6 Å². The van der Waals surface area contributed by atoms with Gasteiger partial charge in [-0.2, -0.15) is 0 Å². The number of hydrogen-bond donors (Lipinski definition) is 3. The van der Waals surface area contributed by atoms with Gasteiger partial charge in [0.15, 0.2) is 0 Å². The van der Waals surface area contributed by atoms with Crippen molar-refractivity contribution in [3.8, 4) is 0 Å². The normalized spacial score (nSPS) is 11.6. The van der Waals surface area contributed by atoms with Gasteiger partial charge in [0.25, 0.3) is 0 Å². The van der Waals surface area contributed by atoms with Gasteiger partial charge in [0.2, 0.25) is 0 Å². The summed E-state index contributed by atoms with van der Waals surface area (Å²) >= 11 is 0. The summed E-state index contributed by atoms with van der Waals surface area (Å²) in [5.74, 6) is -1.04. The highest BCUT2D eigenvalue weighted by molar-refractivity contribution is 5.73. The Morgan fingerprint density at radius 3 is 2.63 bits per heavy atom. The van der Waals surface area contributed by atoms with Crippen molar-refractivity contribution < 1.29 is 19.4 Å². The average Bonchev–Trinajstić information content (AvgIpc) is 2.42. The highest BCUT2D eigenvalue weighted by Gasteiger charge is 2.10. The van der Waals surface area contributed by atoms with Gasteiger partial charge < -0.3 is 20.9 Å². The van der Waals surface area contributed by atoms with E-state index in [0.29, 0.717) is 19.4 Å². The maximum absolute atomic E-state index is 11.3. The lowest BCUT2D eigenvalue weighted by molar-refractivity contribution is -0.138. The molecule has 4 N–H and O–H groups in total. The Bertz CT molecular complexity index is 408. The fourth-order valence-electron chi connectivity index (χ4n) is 1.41. The predicted octanol–water partition coefficient (Wildman–Crippen LogP) is 1.10. The molecule has 0 heterocycles. The highest BCUT2D eigenvalue weighted by atomic mass is 16.5. The lowest BCUT2D eigenvalue weighted by atomic mass is 10.2. The molecule has 0 saturated carbocycles. The van der Waals surface area contributed by atoms with Crippen molar-refractivity contribution in [2.45, 2.75) is 25.5 Å². The van der Waals surface area contributed by atoms with Crippen LogP contribution in [0.5, 0.6) is 0 Å². The Labute approximate surface area is 111 Å². The Hall–Kier alpha value is -2.08. The summed E-state index contributed by atoms with van der Waals surface area (Å²) in [6, 6.07) is 8.45. The Kier molecular flexibility index (Phi) is 6.38. The molecular weight excluding hydrogens is 248 g/mol. The highest BCUT2D eigenvalue weighted by Crippen LogP contribution is 2.00. The second-order valence-electron chi connectivity index (χ2n) is 4.08. The zero-order valence-electron chi connectivity index (χ0n) is 10.5. The first-order chi connectivity index (χ1) is 9.09. The fraction of sp³-hybridized carbons (Fsp3) is 0.385. The third-order valence-corrected chi connectivity index (χ3v) is 2.49. The number of aliphatic carboxylic acids is 1. The average molecular weight is 266 g/mol. The molecule has 1 unspecified atom stereocenters. The molecule has 0 saturated heterocycles. The summed E-state index contributed by atoms with van der Waals surface area (Å²) < 4.78 is 4.98. The van der Waals surface area contributed by atoms with E-state index in [0.717, 1.165) is 5.56 Å². The SMILES string of the molecule is NC(CCCNC(=O)OCc1ccccc1)C(=O)O. The predicted molar refractivity (Wildman–Crippen MR) is 69.5 cm³/mol. The number of alkyl carbamates (subject to hydrolysis) is 1. The third kappa shape index (κ3) is 6.42. The van der Waals surface area contributed by atoms with Crippen LogP contribution >= 0.6 is 0 Å². The standard InChI is InChI=1S/C13H18N2O4/c14-11(12(16)17)7-4-8-15-13(18)19-9-10-5-2-1-3-6-10/h1-3,5-6,11H,4,7-9,14H2,(H,15,18)(H,16,17).